The molecule has 0 saturated carbocycles. The van der Waals surface area contributed by atoms with Crippen LogP contribution in [0.4, 0.5) is 5.69 Å². The zero-order chi connectivity index (χ0) is 15.6. The van der Waals surface area contributed by atoms with Gasteiger partial charge < -0.3 is 15.2 Å². The maximum Gasteiger partial charge on any atom is 0.241 e. The van der Waals surface area contributed by atoms with Crippen molar-refractivity contribution in [3.63, 3.8) is 0 Å². The van der Waals surface area contributed by atoms with Crippen molar-refractivity contribution in [1.82, 2.24) is 4.98 Å². The maximum atomic E-state index is 5.90. The number of hydrogen-bond acceptors (Lipinski definition) is 4. The van der Waals surface area contributed by atoms with Gasteiger partial charge in [0.15, 0.2) is 0 Å². The molecule has 0 aliphatic carbocycles. The minimum atomic E-state index is -0.362. The molecular formula is C17H22N2O2. The Morgan fingerprint density at radius 1 is 1.05 bits per heavy atom. The number of aromatic nitrogens is 1. The number of nitrogens with two attached hydrogens (primary N) is 1. The molecule has 0 aliphatic rings. The normalized spacial score (nSPS) is 11.3. The molecule has 0 spiro atoms. The number of anilines is 1. The Hall–Kier alpha value is -2.23. The van der Waals surface area contributed by atoms with E-state index in [0.717, 1.165) is 11.3 Å². The van der Waals surface area contributed by atoms with Crippen molar-refractivity contribution in [2.45, 2.75) is 40.2 Å². The lowest BCUT2D eigenvalue weighted by Gasteiger charge is -2.21. The molecule has 0 fully saturated rings. The number of rotatable bonds is 3. The monoisotopic (exact) mass is 286 g/mol. The van der Waals surface area contributed by atoms with Crippen LogP contribution in [0.5, 0.6) is 17.5 Å². The quantitative estimate of drug-likeness (QED) is 0.916. The van der Waals surface area contributed by atoms with Crippen LogP contribution in [0.1, 0.15) is 31.9 Å². The van der Waals surface area contributed by atoms with Gasteiger partial charge in [-0.05, 0) is 57.9 Å². The Balaban J connectivity index is 2.29. The summed E-state index contributed by atoms with van der Waals surface area (Å²) in [5.41, 5.74) is 8.30. The second-order valence-electron chi connectivity index (χ2n) is 6.06. The summed E-state index contributed by atoms with van der Waals surface area (Å²) in [5.74, 6) is 1.65. The number of ether oxygens (including phenoxy) is 2. The molecule has 112 valence electrons. The van der Waals surface area contributed by atoms with Crippen LogP contribution < -0.4 is 15.2 Å². The average molecular weight is 286 g/mol. The number of aryl methyl sites for hydroxylation is 1. The van der Waals surface area contributed by atoms with E-state index in [9.17, 15) is 0 Å². The number of benzene rings is 1. The third-order valence-corrected chi connectivity index (χ3v) is 3.04. The van der Waals surface area contributed by atoms with Crippen LogP contribution in [0, 0.1) is 13.8 Å². The van der Waals surface area contributed by atoms with Gasteiger partial charge in [0, 0.05) is 6.07 Å². The highest BCUT2D eigenvalue weighted by molar-refractivity contribution is 5.50. The first-order chi connectivity index (χ1) is 9.76. The smallest absolute Gasteiger partial charge is 0.241 e. The highest BCUT2D eigenvalue weighted by atomic mass is 16.5. The van der Waals surface area contributed by atoms with Gasteiger partial charge in [-0.1, -0.05) is 12.1 Å². The summed E-state index contributed by atoms with van der Waals surface area (Å²) >= 11 is 0. The third-order valence-electron chi connectivity index (χ3n) is 3.04. The molecule has 4 heteroatoms. The standard InChI is InChI=1S/C17H22N2O2/c1-11-7-6-8-14(12(11)2)20-15-10-9-13(18)16(19-15)21-17(3,4)5/h6-10H,18H2,1-5H3. The summed E-state index contributed by atoms with van der Waals surface area (Å²) in [5, 5.41) is 0. The van der Waals surface area contributed by atoms with Gasteiger partial charge in [-0.25, -0.2) is 0 Å². The molecule has 4 nitrogen and oxygen atoms in total. The van der Waals surface area contributed by atoms with Gasteiger partial charge in [0.05, 0.1) is 5.69 Å². The molecule has 1 aromatic carbocycles. The predicted octanol–water partition coefficient (Wildman–Crippen LogP) is 4.25. The summed E-state index contributed by atoms with van der Waals surface area (Å²) in [7, 11) is 0. The average Bonchev–Trinajstić information content (AvgIpc) is 2.37. The highest BCUT2D eigenvalue weighted by Crippen LogP contribution is 2.30. The van der Waals surface area contributed by atoms with Gasteiger partial charge >= 0.3 is 0 Å². The lowest BCUT2D eigenvalue weighted by molar-refractivity contribution is 0.124. The van der Waals surface area contributed by atoms with Crippen LogP contribution in [0.3, 0.4) is 0 Å². The maximum absolute atomic E-state index is 5.90. The van der Waals surface area contributed by atoms with E-state index in [1.54, 1.807) is 12.1 Å². The molecule has 21 heavy (non-hydrogen) atoms. The lowest BCUT2D eigenvalue weighted by Crippen LogP contribution is -2.24. The molecule has 0 radical (unpaired) electrons. The van der Waals surface area contributed by atoms with Crippen molar-refractivity contribution in [3.8, 4) is 17.5 Å². The second kappa shape index (κ2) is 5.64. The van der Waals surface area contributed by atoms with Gasteiger partial charge in [-0.2, -0.15) is 4.98 Å². The van der Waals surface area contributed by atoms with Crippen LogP contribution in [0.25, 0.3) is 0 Å². The summed E-state index contributed by atoms with van der Waals surface area (Å²) in [6.45, 7) is 9.92. The Kier molecular flexibility index (Phi) is 4.07. The molecule has 2 aromatic rings. The fourth-order valence-corrected chi connectivity index (χ4v) is 1.81. The Labute approximate surface area is 125 Å². The van der Waals surface area contributed by atoms with E-state index in [-0.39, 0.29) is 5.60 Å². The molecule has 0 saturated heterocycles. The van der Waals surface area contributed by atoms with Crippen LogP contribution >= 0.6 is 0 Å². The first-order valence-electron chi connectivity index (χ1n) is 6.96. The second-order valence-corrected chi connectivity index (χ2v) is 6.06. The van der Waals surface area contributed by atoms with Crippen LogP contribution in [-0.2, 0) is 0 Å². The van der Waals surface area contributed by atoms with E-state index in [1.165, 1.54) is 5.56 Å². The number of hydrogen-bond donors (Lipinski definition) is 1. The predicted molar refractivity (Wildman–Crippen MR) is 85.0 cm³/mol. The van der Waals surface area contributed by atoms with Crippen molar-refractivity contribution in [2.75, 3.05) is 5.73 Å². The first-order valence-corrected chi connectivity index (χ1v) is 6.96. The molecule has 0 amide bonds. The zero-order valence-corrected chi connectivity index (χ0v) is 13.2. The minimum absolute atomic E-state index is 0.362. The molecular weight excluding hydrogens is 264 g/mol. The molecule has 0 aliphatic heterocycles. The Bertz CT molecular complexity index is 646. The topological polar surface area (TPSA) is 57.4 Å². The van der Waals surface area contributed by atoms with E-state index in [2.05, 4.69) is 4.98 Å². The van der Waals surface area contributed by atoms with Crippen LogP contribution in [-0.4, -0.2) is 10.6 Å². The number of pyridine rings is 1. The van der Waals surface area contributed by atoms with Gasteiger partial charge in [0.2, 0.25) is 11.8 Å². The third kappa shape index (κ3) is 3.88. The van der Waals surface area contributed by atoms with E-state index in [1.807, 2.05) is 52.8 Å². The van der Waals surface area contributed by atoms with Crippen LogP contribution in [0.2, 0.25) is 0 Å². The highest BCUT2D eigenvalue weighted by Gasteiger charge is 2.16. The first kappa shape index (κ1) is 15.2. The largest absolute Gasteiger partial charge is 0.470 e. The summed E-state index contributed by atoms with van der Waals surface area (Å²) in [6, 6.07) is 9.42. The van der Waals surface area contributed by atoms with Gasteiger partial charge in [-0.3, -0.25) is 0 Å². The van der Waals surface area contributed by atoms with E-state index in [4.69, 9.17) is 15.2 Å². The van der Waals surface area contributed by atoms with Crippen LogP contribution in [0.15, 0.2) is 30.3 Å². The van der Waals surface area contributed by atoms with Crippen molar-refractivity contribution >= 4 is 5.69 Å². The van der Waals surface area contributed by atoms with Gasteiger partial charge in [-0.15, -0.1) is 0 Å². The van der Waals surface area contributed by atoms with Crippen molar-refractivity contribution in [3.05, 3.63) is 41.5 Å². The van der Waals surface area contributed by atoms with Gasteiger partial charge in [0.25, 0.3) is 0 Å². The fourth-order valence-electron chi connectivity index (χ4n) is 1.81. The fraction of sp³-hybridized carbons (Fsp3) is 0.353. The molecule has 1 heterocycles. The molecule has 0 bridgehead atoms. The zero-order valence-electron chi connectivity index (χ0n) is 13.2. The Morgan fingerprint density at radius 3 is 2.43 bits per heavy atom. The number of nitrogens with zero attached hydrogens (tertiary/aromatic N) is 1. The van der Waals surface area contributed by atoms with E-state index in [0.29, 0.717) is 17.4 Å². The molecule has 0 atom stereocenters. The van der Waals surface area contributed by atoms with Gasteiger partial charge in [0.1, 0.15) is 11.4 Å². The Morgan fingerprint density at radius 2 is 1.76 bits per heavy atom. The molecule has 2 N–H and O–H groups in total. The molecule has 0 unspecified atom stereocenters. The van der Waals surface area contributed by atoms with E-state index < -0.39 is 0 Å². The van der Waals surface area contributed by atoms with Crippen molar-refractivity contribution < 1.29 is 9.47 Å². The minimum Gasteiger partial charge on any atom is -0.470 e. The van der Waals surface area contributed by atoms with Crippen molar-refractivity contribution in [1.29, 1.82) is 0 Å². The SMILES string of the molecule is Cc1cccc(Oc2ccc(N)c(OC(C)(C)C)n2)c1C. The summed E-state index contributed by atoms with van der Waals surface area (Å²) in [6.07, 6.45) is 0. The lowest BCUT2D eigenvalue weighted by atomic mass is 10.1. The molecule has 1 aromatic heterocycles. The van der Waals surface area contributed by atoms with Crippen molar-refractivity contribution in [2.24, 2.45) is 0 Å². The van der Waals surface area contributed by atoms with E-state index >= 15 is 0 Å². The number of nitrogen functional groups attached to an aromatic ring is 1. The summed E-state index contributed by atoms with van der Waals surface area (Å²) < 4.78 is 11.6. The molecule has 2 rings (SSSR count). The summed E-state index contributed by atoms with van der Waals surface area (Å²) in [4.78, 5) is 4.35.